The topological polar surface area (TPSA) is 46.2 Å². The lowest BCUT2D eigenvalue weighted by Gasteiger charge is -2.10. The highest BCUT2D eigenvalue weighted by Crippen LogP contribution is 2.12. The molecule has 1 aliphatic rings. The molecule has 1 aliphatic heterocycles. The summed E-state index contributed by atoms with van der Waals surface area (Å²) in [6, 6.07) is 7.80. The summed E-state index contributed by atoms with van der Waals surface area (Å²) in [5, 5.41) is 3.26. The van der Waals surface area contributed by atoms with E-state index in [0.29, 0.717) is 18.7 Å². The smallest absolute Gasteiger partial charge is 0.151 e. The summed E-state index contributed by atoms with van der Waals surface area (Å²) in [7, 11) is -2.80. The zero-order valence-corrected chi connectivity index (χ0v) is 10.3. The Balaban J connectivity index is 1.88. The van der Waals surface area contributed by atoms with Gasteiger partial charge in [-0.3, -0.25) is 0 Å². The molecule has 0 aromatic heterocycles. The zero-order chi connectivity index (χ0) is 12.3. The van der Waals surface area contributed by atoms with Gasteiger partial charge < -0.3 is 5.32 Å². The molecule has 0 radical (unpaired) electrons. The monoisotopic (exact) mass is 249 g/mol. The van der Waals surface area contributed by atoms with E-state index in [1.54, 1.807) is 0 Å². The van der Waals surface area contributed by atoms with Gasteiger partial charge in [0.1, 0.15) is 0 Å². The van der Waals surface area contributed by atoms with Crippen LogP contribution in [0.2, 0.25) is 0 Å². The van der Waals surface area contributed by atoms with Gasteiger partial charge >= 0.3 is 0 Å². The van der Waals surface area contributed by atoms with Crippen LogP contribution >= 0.6 is 0 Å². The molecular formula is C13H15NO2S. The molecule has 1 atom stereocenters. The van der Waals surface area contributed by atoms with Gasteiger partial charge in [-0.2, -0.15) is 0 Å². The van der Waals surface area contributed by atoms with E-state index in [-0.39, 0.29) is 11.8 Å². The van der Waals surface area contributed by atoms with E-state index >= 15 is 0 Å². The molecule has 1 heterocycles. The number of benzene rings is 1. The lowest BCUT2D eigenvalue weighted by Crippen LogP contribution is -2.29. The summed E-state index contributed by atoms with van der Waals surface area (Å²) in [5.41, 5.74) is 1.98. The maximum atomic E-state index is 11.3. The van der Waals surface area contributed by atoms with Crippen molar-refractivity contribution in [3.8, 4) is 12.3 Å². The van der Waals surface area contributed by atoms with Gasteiger partial charge in [0.15, 0.2) is 9.84 Å². The maximum absolute atomic E-state index is 11.3. The van der Waals surface area contributed by atoms with Crippen LogP contribution in [0.25, 0.3) is 0 Å². The van der Waals surface area contributed by atoms with Gasteiger partial charge in [0.05, 0.1) is 11.5 Å². The molecule has 0 spiro atoms. The van der Waals surface area contributed by atoms with Crippen molar-refractivity contribution >= 4 is 9.84 Å². The van der Waals surface area contributed by atoms with Crippen LogP contribution in [0.15, 0.2) is 24.3 Å². The molecule has 1 aromatic rings. The first-order valence-electron chi connectivity index (χ1n) is 5.58. The van der Waals surface area contributed by atoms with Crippen LogP contribution in [0.1, 0.15) is 17.5 Å². The summed E-state index contributed by atoms with van der Waals surface area (Å²) < 4.78 is 22.5. The van der Waals surface area contributed by atoms with Crippen molar-refractivity contribution in [3.63, 3.8) is 0 Å². The van der Waals surface area contributed by atoms with Crippen LogP contribution in [-0.4, -0.2) is 26.0 Å². The third-order valence-corrected chi connectivity index (χ3v) is 4.72. The lowest BCUT2D eigenvalue weighted by molar-refractivity contribution is 0.554. The highest BCUT2D eigenvalue weighted by atomic mass is 32.2. The molecule has 1 saturated heterocycles. The minimum Gasteiger partial charge on any atom is -0.309 e. The average molecular weight is 249 g/mol. The highest BCUT2D eigenvalue weighted by Gasteiger charge is 2.27. The zero-order valence-electron chi connectivity index (χ0n) is 9.52. The van der Waals surface area contributed by atoms with E-state index < -0.39 is 9.84 Å². The Hall–Kier alpha value is -1.31. The van der Waals surface area contributed by atoms with Crippen LogP contribution in [0, 0.1) is 12.3 Å². The van der Waals surface area contributed by atoms with Crippen LogP contribution in [0.3, 0.4) is 0 Å². The van der Waals surface area contributed by atoms with Crippen molar-refractivity contribution < 1.29 is 8.42 Å². The minimum atomic E-state index is -2.80. The highest BCUT2D eigenvalue weighted by molar-refractivity contribution is 7.91. The van der Waals surface area contributed by atoms with Crippen molar-refractivity contribution in [2.75, 3.05) is 11.5 Å². The molecule has 17 heavy (non-hydrogen) atoms. The summed E-state index contributed by atoms with van der Waals surface area (Å²) >= 11 is 0. The first kappa shape index (κ1) is 12.2. The summed E-state index contributed by atoms with van der Waals surface area (Å²) in [5.74, 6) is 3.13. The van der Waals surface area contributed by atoms with Gasteiger partial charge in [-0.15, -0.1) is 6.42 Å². The van der Waals surface area contributed by atoms with Crippen molar-refractivity contribution in [3.05, 3.63) is 35.4 Å². The first-order chi connectivity index (χ1) is 8.09. The van der Waals surface area contributed by atoms with Gasteiger partial charge in [-0.25, -0.2) is 8.42 Å². The molecule has 3 nitrogen and oxygen atoms in total. The predicted molar refractivity (Wildman–Crippen MR) is 68.3 cm³/mol. The van der Waals surface area contributed by atoms with Gasteiger partial charge in [-0.05, 0) is 24.1 Å². The van der Waals surface area contributed by atoms with E-state index in [9.17, 15) is 8.42 Å². The van der Waals surface area contributed by atoms with E-state index in [2.05, 4.69) is 11.2 Å². The minimum absolute atomic E-state index is 0.0901. The predicted octanol–water partition coefficient (Wildman–Crippen LogP) is 0.945. The fourth-order valence-electron chi connectivity index (χ4n) is 1.94. The van der Waals surface area contributed by atoms with Crippen LogP contribution in [0.5, 0.6) is 0 Å². The molecule has 90 valence electrons. The molecule has 4 heteroatoms. The van der Waals surface area contributed by atoms with Crippen molar-refractivity contribution in [1.29, 1.82) is 0 Å². The van der Waals surface area contributed by atoms with Gasteiger partial charge in [0, 0.05) is 18.2 Å². The molecule has 0 bridgehead atoms. The molecule has 0 saturated carbocycles. The molecular weight excluding hydrogens is 234 g/mol. The summed E-state index contributed by atoms with van der Waals surface area (Å²) in [4.78, 5) is 0. The lowest BCUT2D eigenvalue weighted by atomic mass is 10.1. The Morgan fingerprint density at radius 1 is 1.35 bits per heavy atom. The van der Waals surface area contributed by atoms with Crippen LogP contribution < -0.4 is 5.32 Å². The average Bonchev–Trinajstić information content (AvgIpc) is 2.67. The molecule has 1 fully saturated rings. The number of sulfone groups is 1. The number of rotatable bonds is 3. The molecule has 1 aromatic carbocycles. The summed E-state index contributed by atoms with van der Waals surface area (Å²) in [6.45, 7) is 0.686. The quantitative estimate of drug-likeness (QED) is 0.811. The van der Waals surface area contributed by atoms with Crippen molar-refractivity contribution in [2.24, 2.45) is 0 Å². The molecule has 0 amide bonds. The third kappa shape index (κ3) is 3.32. The first-order valence-corrected chi connectivity index (χ1v) is 7.40. The Morgan fingerprint density at radius 3 is 2.59 bits per heavy atom. The third-order valence-electron chi connectivity index (χ3n) is 2.95. The Kier molecular flexibility index (Phi) is 3.51. The molecule has 0 aliphatic carbocycles. The maximum Gasteiger partial charge on any atom is 0.151 e. The number of hydrogen-bond acceptors (Lipinski definition) is 3. The Bertz CT molecular complexity index is 526. The standard InChI is InChI=1S/C13H15NO2S/c1-2-11-3-5-12(6-4-11)9-14-13-7-8-17(15,16)10-13/h1,3-6,13-14H,7-10H2. The van der Waals surface area contributed by atoms with E-state index in [4.69, 9.17) is 6.42 Å². The largest absolute Gasteiger partial charge is 0.309 e. The fraction of sp³-hybridized carbons (Fsp3) is 0.385. The van der Waals surface area contributed by atoms with Crippen LogP contribution in [-0.2, 0) is 16.4 Å². The second-order valence-electron chi connectivity index (χ2n) is 4.32. The van der Waals surface area contributed by atoms with Gasteiger partial charge in [0.25, 0.3) is 0 Å². The molecule has 1 N–H and O–H groups in total. The second-order valence-corrected chi connectivity index (χ2v) is 6.55. The fourth-order valence-corrected chi connectivity index (χ4v) is 3.64. The van der Waals surface area contributed by atoms with Crippen LogP contribution in [0.4, 0.5) is 0 Å². The Labute approximate surface area is 102 Å². The van der Waals surface area contributed by atoms with E-state index in [1.165, 1.54) is 0 Å². The van der Waals surface area contributed by atoms with Gasteiger partial charge in [-0.1, -0.05) is 18.1 Å². The van der Waals surface area contributed by atoms with Gasteiger partial charge in [0.2, 0.25) is 0 Å². The summed E-state index contributed by atoms with van der Waals surface area (Å²) in [6.07, 6.45) is 5.98. The number of hydrogen-bond donors (Lipinski definition) is 1. The van der Waals surface area contributed by atoms with E-state index in [1.807, 2.05) is 24.3 Å². The SMILES string of the molecule is C#Cc1ccc(CNC2CCS(=O)(=O)C2)cc1. The number of nitrogens with one attached hydrogen (secondary N) is 1. The van der Waals surface area contributed by atoms with E-state index in [0.717, 1.165) is 11.1 Å². The Morgan fingerprint density at radius 2 is 2.06 bits per heavy atom. The molecule has 2 rings (SSSR count). The molecule has 1 unspecified atom stereocenters. The second kappa shape index (κ2) is 4.91. The normalized spacial score (nSPS) is 22.2. The van der Waals surface area contributed by atoms with Crippen molar-refractivity contribution in [2.45, 2.75) is 19.0 Å². The van der Waals surface area contributed by atoms with Crippen molar-refractivity contribution in [1.82, 2.24) is 5.32 Å². The number of terminal acetylenes is 1.